The molecule has 0 spiro atoms. The molecule has 1 aliphatic heterocycles. The van der Waals surface area contributed by atoms with Gasteiger partial charge in [-0.05, 0) is 30.3 Å². The minimum absolute atomic E-state index is 0.163. The fourth-order valence-corrected chi connectivity index (χ4v) is 3.04. The summed E-state index contributed by atoms with van der Waals surface area (Å²) < 4.78 is 15.6. The lowest BCUT2D eigenvalue weighted by Gasteiger charge is -2.12. The average Bonchev–Trinajstić information content (AvgIpc) is 2.92. The molecule has 2 heterocycles. The summed E-state index contributed by atoms with van der Waals surface area (Å²) in [6, 6.07) is 12.0. The molecular formula is C17H14ClFN4. The van der Waals surface area contributed by atoms with Crippen LogP contribution >= 0.6 is 11.6 Å². The Balaban J connectivity index is 1.99. The van der Waals surface area contributed by atoms with Crippen LogP contribution in [-0.4, -0.2) is 21.3 Å². The Morgan fingerprint density at radius 1 is 1.22 bits per heavy atom. The first-order valence-corrected chi connectivity index (χ1v) is 7.76. The first-order valence-electron chi connectivity index (χ1n) is 7.38. The second-order valence-corrected chi connectivity index (χ2v) is 6.11. The molecule has 1 N–H and O–H groups in total. The van der Waals surface area contributed by atoms with Crippen LogP contribution in [0.2, 0.25) is 5.02 Å². The minimum atomic E-state index is -0.295. The van der Waals surface area contributed by atoms with Crippen molar-refractivity contribution < 1.29 is 4.39 Å². The molecule has 0 radical (unpaired) electrons. The van der Waals surface area contributed by atoms with Gasteiger partial charge in [-0.15, -0.1) is 10.2 Å². The summed E-state index contributed by atoms with van der Waals surface area (Å²) in [7, 11) is 0. The van der Waals surface area contributed by atoms with Gasteiger partial charge < -0.3 is 5.32 Å². The van der Waals surface area contributed by atoms with Gasteiger partial charge in [0.2, 0.25) is 0 Å². The highest BCUT2D eigenvalue weighted by Crippen LogP contribution is 2.34. The van der Waals surface area contributed by atoms with Gasteiger partial charge in [0.25, 0.3) is 0 Å². The minimum Gasteiger partial charge on any atom is -0.383 e. The molecule has 4 nitrogen and oxygen atoms in total. The Bertz CT molecular complexity index is 890. The van der Waals surface area contributed by atoms with Crippen molar-refractivity contribution in [2.24, 2.45) is 0 Å². The van der Waals surface area contributed by atoms with Crippen LogP contribution in [0.5, 0.6) is 0 Å². The van der Waals surface area contributed by atoms with E-state index in [2.05, 4.69) is 22.4 Å². The number of anilines is 1. The number of nitrogens with zero attached hydrogens (tertiary/aromatic N) is 3. The van der Waals surface area contributed by atoms with Crippen molar-refractivity contribution in [3.63, 3.8) is 0 Å². The lowest BCUT2D eigenvalue weighted by atomic mass is 10.1. The van der Waals surface area contributed by atoms with Gasteiger partial charge in [-0.1, -0.05) is 30.7 Å². The van der Waals surface area contributed by atoms with Gasteiger partial charge in [-0.25, -0.2) is 4.39 Å². The van der Waals surface area contributed by atoms with Crippen LogP contribution in [0.15, 0.2) is 42.5 Å². The van der Waals surface area contributed by atoms with E-state index in [-0.39, 0.29) is 11.7 Å². The topological polar surface area (TPSA) is 42.7 Å². The second-order valence-electron chi connectivity index (χ2n) is 5.67. The van der Waals surface area contributed by atoms with Gasteiger partial charge >= 0.3 is 0 Å². The largest absolute Gasteiger partial charge is 0.383 e. The van der Waals surface area contributed by atoms with E-state index in [0.29, 0.717) is 16.4 Å². The predicted octanol–water partition coefficient (Wildman–Crippen LogP) is 4.26. The second kappa shape index (κ2) is 5.35. The number of rotatable bonds is 1. The smallest absolute Gasteiger partial charge is 0.168 e. The zero-order chi connectivity index (χ0) is 16.0. The SMILES string of the molecule is C[C@H]1CNc2cc(Cl)ccc2-n2c(-c3cccc(F)c3)nnc21. The monoisotopic (exact) mass is 328 g/mol. The third-order valence-corrected chi connectivity index (χ3v) is 4.24. The molecule has 0 amide bonds. The van der Waals surface area contributed by atoms with E-state index in [9.17, 15) is 4.39 Å². The van der Waals surface area contributed by atoms with E-state index in [1.165, 1.54) is 12.1 Å². The van der Waals surface area contributed by atoms with E-state index in [1.54, 1.807) is 6.07 Å². The van der Waals surface area contributed by atoms with Gasteiger partial charge in [-0.2, -0.15) is 0 Å². The molecule has 6 heteroatoms. The van der Waals surface area contributed by atoms with Crippen LogP contribution in [0.3, 0.4) is 0 Å². The molecule has 116 valence electrons. The van der Waals surface area contributed by atoms with E-state index in [4.69, 9.17) is 11.6 Å². The molecule has 0 aliphatic carbocycles. The fraction of sp³-hybridized carbons (Fsp3) is 0.176. The molecular weight excluding hydrogens is 315 g/mol. The first kappa shape index (κ1) is 14.2. The molecule has 0 fully saturated rings. The van der Waals surface area contributed by atoms with Crippen molar-refractivity contribution in [3.05, 3.63) is 59.1 Å². The van der Waals surface area contributed by atoms with Crippen LogP contribution in [-0.2, 0) is 0 Å². The summed E-state index contributed by atoms with van der Waals surface area (Å²) in [5, 5.41) is 12.7. The van der Waals surface area contributed by atoms with Crippen LogP contribution in [0.1, 0.15) is 18.7 Å². The highest BCUT2D eigenvalue weighted by molar-refractivity contribution is 6.31. The summed E-state index contributed by atoms with van der Waals surface area (Å²) in [6.07, 6.45) is 0. The highest BCUT2D eigenvalue weighted by Gasteiger charge is 2.25. The maximum Gasteiger partial charge on any atom is 0.168 e. The molecule has 23 heavy (non-hydrogen) atoms. The Hall–Kier alpha value is -2.40. The van der Waals surface area contributed by atoms with Gasteiger partial charge in [0.15, 0.2) is 5.82 Å². The van der Waals surface area contributed by atoms with Gasteiger partial charge in [0.1, 0.15) is 11.6 Å². The zero-order valence-electron chi connectivity index (χ0n) is 12.4. The Kier molecular flexibility index (Phi) is 3.31. The molecule has 0 saturated carbocycles. The van der Waals surface area contributed by atoms with Gasteiger partial charge in [-0.3, -0.25) is 4.57 Å². The summed E-state index contributed by atoms with van der Waals surface area (Å²) in [5.74, 6) is 1.34. The van der Waals surface area contributed by atoms with Crippen molar-refractivity contribution in [3.8, 4) is 17.1 Å². The van der Waals surface area contributed by atoms with E-state index < -0.39 is 0 Å². The van der Waals surface area contributed by atoms with Crippen molar-refractivity contribution in [1.29, 1.82) is 0 Å². The molecule has 1 aromatic heterocycles. The number of aromatic nitrogens is 3. The fourth-order valence-electron chi connectivity index (χ4n) is 2.87. The maximum absolute atomic E-state index is 13.6. The van der Waals surface area contributed by atoms with Crippen LogP contribution in [0.4, 0.5) is 10.1 Å². The molecule has 0 saturated heterocycles. The molecule has 2 aromatic carbocycles. The van der Waals surface area contributed by atoms with Gasteiger partial charge in [0, 0.05) is 23.0 Å². The van der Waals surface area contributed by atoms with E-state index >= 15 is 0 Å². The summed E-state index contributed by atoms with van der Waals surface area (Å²) in [6.45, 7) is 2.81. The maximum atomic E-state index is 13.6. The summed E-state index contributed by atoms with van der Waals surface area (Å²) in [5.41, 5.74) is 2.53. The quantitative estimate of drug-likeness (QED) is 0.726. The number of nitrogens with one attached hydrogen (secondary N) is 1. The van der Waals surface area contributed by atoms with Crippen LogP contribution in [0.25, 0.3) is 17.1 Å². The average molecular weight is 329 g/mol. The number of hydrogen-bond acceptors (Lipinski definition) is 3. The van der Waals surface area contributed by atoms with Gasteiger partial charge in [0.05, 0.1) is 11.4 Å². The van der Waals surface area contributed by atoms with Crippen LogP contribution < -0.4 is 5.32 Å². The van der Waals surface area contributed by atoms with Crippen molar-refractivity contribution in [2.75, 3.05) is 11.9 Å². The Morgan fingerprint density at radius 2 is 2.09 bits per heavy atom. The highest BCUT2D eigenvalue weighted by atomic mass is 35.5. The van der Waals surface area contributed by atoms with E-state index in [0.717, 1.165) is 23.7 Å². The zero-order valence-corrected chi connectivity index (χ0v) is 13.2. The number of fused-ring (bicyclic) bond motifs is 3. The number of hydrogen-bond donors (Lipinski definition) is 1. The lowest BCUT2D eigenvalue weighted by molar-refractivity contribution is 0.628. The molecule has 4 rings (SSSR count). The van der Waals surface area contributed by atoms with Crippen molar-refractivity contribution in [2.45, 2.75) is 12.8 Å². The molecule has 1 atom stereocenters. The Morgan fingerprint density at radius 3 is 2.91 bits per heavy atom. The lowest BCUT2D eigenvalue weighted by Crippen LogP contribution is -2.09. The number of benzene rings is 2. The Labute approximate surface area is 137 Å². The first-order chi connectivity index (χ1) is 11.1. The summed E-state index contributed by atoms with van der Waals surface area (Å²) >= 11 is 6.11. The number of halogens is 2. The normalized spacial score (nSPS) is 16.2. The molecule has 0 bridgehead atoms. The standard InChI is InChI=1S/C17H14ClFN4/c1-10-9-20-14-8-12(18)5-6-15(14)23-16(10)21-22-17(23)11-3-2-4-13(19)7-11/h2-8,10,20H,9H2,1H3/t10-/m0/s1. The summed E-state index contributed by atoms with van der Waals surface area (Å²) in [4.78, 5) is 0. The third-order valence-electron chi connectivity index (χ3n) is 4.01. The molecule has 3 aromatic rings. The van der Waals surface area contributed by atoms with Crippen LogP contribution in [0, 0.1) is 5.82 Å². The van der Waals surface area contributed by atoms with E-state index in [1.807, 2.05) is 28.8 Å². The third kappa shape index (κ3) is 2.37. The van der Waals surface area contributed by atoms with Crippen molar-refractivity contribution >= 4 is 17.3 Å². The van der Waals surface area contributed by atoms with Crippen molar-refractivity contribution in [1.82, 2.24) is 14.8 Å². The molecule has 1 aliphatic rings. The predicted molar refractivity (Wildman–Crippen MR) is 88.7 cm³/mol. The molecule has 0 unspecified atom stereocenters.